The molecule has 1 aliphatic heterocycles. The summed E-state index contributed by atoms with van der Waals surface area (Å²) in [5, 5.41) is 6.03. The van der Waals surface area contributed by atoms with E-state index in [0.717, 1.165) is 0 Å². The topological polar surface area (TPSA) is 93.3 Å². The van der Waals surface area contributed by atoms with Crippen LogP contribution in [0.25, 0.3) is 0 Å². The Morgan fingerprint density at radius 3 is 2.94 bits per heavy atom. The Balaban J connectivity index is 1.91. The highest BCUT2D eigenvalue weighted by atomic mass is 32.2. The van der Waals surface area contributed by atoms with Crippen LogP contribution in [0.4, 0.5) is 0 Å². The van der Waals surface area contributed by atoms with Gasteiger partial charge in [-0.25, -0.2) is 13.1 Å². The number of aromatic amines is 1. The van der Waals surface area contributed by atoms with Gasteiger partial charge in [-0.3, -0.25) is 5.10 Å². The van der Waals surface area contributed by atoms with Crippen LogP contribution in [0.1, 0.15) is 13.8 Å². The molecule has 0 aromatic carbocycles. The van der Waals surface area contributed by atoms with Gasteiger partial charge in [-0.1, -0.05) is 0 Å². The van der Waals surface area contributed by atoms with Crippen molar-refractivity contribution in [1.29, 1.82) is 0 Å². The molecular formula is C9H15N3O4S. The van der Waals surface area contributed by atoms with E-state index in [1.165, 1.54) is 12.3 Å². The average Bonchev–Trinajstić information content (AvgIpc) is 2.84. The van der Waals surface area contributed by atoms with Crippen LogP contribution in [-0.4, -0.2) is 43.7 Å². The first-order chi connectivity index (χ1) is 7.89. The van der Waals surface area contributed by atoms with Gasteiger partial charge in [-0.2, -0.15) is 5.10 Å². The van der Waals surface area contributed by atoms with E-state index in [9.17, 15) is 8.42 Å². The van der Waals surface area contributed by atoms with Crippen molar-refractivity contribution < 1.29 is 17.9 Å². The van der Waals surface area contributed by atoms with E-state index < -0.39 is 15.8 Å². The molecule has 0 spiro atoms. The molecule has 7 nitrogen and oxygen atoms in total. The lowest BCUT2D eigenvalue weighted by atomic mass is 10.4. The van der Waals surface area contributed by atoms with E-state index in [2.05, 4.69) is 14.9 Å². The van der Waals surface area contributed by atoms with E-state index in [1.807, 2.05) is 0 Å². The minimum atomic E-state index is -3.55. The molecule has 1 fully saturated rings. The van der Waals surface area contributed by atoms with E-state index in [1.54, 1.807) is 13.8 Å². The van der Waals surface area contributed by atoms with Crippen molar-refractivity contribution in [3.05, 3.63) is 12.3 Å². The molecule has 1 unspecified atom stereocenters. The van der Waals surface area contributed by atoms with Gasteiger partial charge in [0.15, 0.2) is 10.8 Å². The Kier molecular flexibility index (Phi) is 3.21. The normalized spacial score (nSPS) is 24.0. The molecule has 1 aromatic heterocycles. The van der Waals surface area contributed by atoms with E-state index >= 15 is 0 Å². The summed E-state index contributed by atoms with van der Waals surface area (Å²) in [4.78, 5) is 0. The molecule has 1 aromatic rings. The van der Waals surface area contributed by atoms with Crippen molar-refractivity contribution >= 4 is 10.0 Å². The van der Waals surface area contributed by atoms with Gasteiger partial charge in [0.05, 0.1) is 18.9 Å². The van der Waals surface area contributed by atoms with Crippen LogP contribution in [-0.2, 0) is 19.5 Å². The zero-order valence-corrected chi connectivity index (χ0v) is 10.5. The number of nitrogens with zero attached hydrogens (tertiary/aromatic N) is 1. The van der Waals surface area contributed by atoms with Gasteiger partial charge in [0.2, 0.25) is 0 Å². The summed E-state index contributed by atoms with van der Waals surface area (Å²) in [7, 11) is -3.55. The van der Waals surface area contributed by atoms with Crippen molar-refractivity contribution in [3.8, 4) is 0 Å². The standard InChI is InChI=1S/C9H15N3O4S/c1-9(2)15-6-7(16-9)5-11-17(13,14)8-3-4-10-12-8/h3-4,7,11H,5-6H2,1-2H3,(H,10,12). The quantitative estimate of drug-likeness (QED) is 0.785. The van der Waals surface area contributed by atoms with Gasteiger partial charge in [-0.05, 0) is 19.9 Å². The van der Waals surface area contributed by atoms with Gasteiger partial charge in [-0.15, -0.1) is 0 Å². The van der Waals surface area contributed by atoms with Crippen molar-refractivity contribution in [1.82, 2.24) is 14.9 Å². The Hall–Kier alpha value is -0.960. The first-order valence-corrected chi connectivity index (χ1v) is 6.68. The number of sulfonamides is 1. The smallest absolute Gasteiger partial charge is 0.257 e. The average molecular weight is 261 g/mol. The van der Waals surface area contributed by atoms with Gasteiger partial charge in [0, 0.05) is 6.54 Å². The van der Waals surface area contributed by atoms with E-state index in [0.29, 0.717) is 6.61 Å². The van der Waals surface area contributed by atoms with Crippen LogP contribution in [0.2, 0.25) is 0 Å². The lowest BCUT2D eigenvalue weighted by Gasteiger charge is -2.17. The number of hydrogen-bond acceptors (Lipinski definition) is 5. The summed E-state index contributed by atoms with van der Waals surface area (Å²) >= 11 is 0. The molecule has 0 bridgehead atoms. The Morgan fingerprint density at radius 2 is 2.41 bits per heavy atom. The summed E-state index contributed by atoms with van der Waals surface area (Å²) in [6.07, 6.45) is 1.11. The summed E-state index contributed by atoms with van der Waals surface area (Å²) < 4.78 is 36.7. The van der Waals surface area contributed by atoms with E-state index in [4.69, 9.17) is 9.47 Å². The summed E-state index contributed by atoms with van der Waals surface area (Å²) in [6.45, 7) is 4.12. The predicted octanol–water partition coefficient (Wildman–Crippen LogP) is -0.160. The third-order valence-corrected chi connectivity index (χ3v) is 3.69. The first-order valence-electron chi connectivity index (χ1n) is 5.20. The molecule has 0 saturated carbocycles. The summed E-state index contributed by atoms with van der Waals surface area (Å²) in [5.41, 5.74) is 0. The van der Waals surface area contributed by atoms with Crippen molar-refractivity contribution in [3.63, 3.8) is 0 Å². The van der Waals surface area contributed by atoms with Gasteiger partial charge >= 0.3 is 0 Å². The molecule has 2 heterocycles. The SMILES string of the molecule is CC1(C)OCC(CNS(=O)(=O)c2ccn[nH]2)O1. The first kappa shape index (κ1) is 12.5. The molecule has 1 atom stereocenters. The second-order valence-corrected chi connectivity index (χ2v) is 5.96. The van der Waals surface area contributed by atoms with Gasteiger partial charge < -0.3 is 9.47 Å². The maximum atomic E-state index is 11.7. The lowest BCUT2D eigenvalue weighted by molar-refractivity contribution is -0.137. The number of hydrogen-bond donors (Lipinski definition) is 2. The number of nitrogens with one attached hydrogen (secondary N) is 2. The van der Waals surface area contributed by atoms with Gasteiger partial charge in [0.1, 0.15) is 0 Å². The monoisotopic (exact) mass is 261 g/mol. The Morgan fingerprint density at radius 1 is 1.65 bits per heavy atom. The molecular weight excluding hydrogens is 246 g/mol. The third kappa shape index (κ3) is 3.03. The fourth-order valence-electron chi connectivity index (χ4n) is 1.54. The third-order valence-electron chi connectivity index (χ3n) is 2.33. The van der Waals surface area contributed by atoms with Crippen LogP contribution in [0.15, 0.2) is 17.3 Å². The molecule has 0 radical (unpaired) electrons. The van der Waals surface area contributed by atoms with E-state index in [-0.39, 0.29) is 17.7 Å². The van der Waals surface area contributed by atoms with Crippen LogP contribution in [0, 0.1) is 0 Å². The molecule has 8 heteroatoms. The summed E-state index contributed by atoms with van der Waals surface area (Å²) in [6, 6.07) is 1.39. The van der Waals surface area contributed by atoms with Crippen LogP contribution in [0.3, 0.4) is 0 Å². The van der Waals surface area contributed by atoms with Crippen molar-refractivity contribution in [2.75, 3.05) is 13.2 Å². The molecule has 17 heavy (non-hydrogen) atoms. The molecule has 2 rings (SSSR count). The maximum Gasteiger partial charge on any atom is 0.257 e. The van der Waals surface area contributed by atoms with Crippen LogP contribution < -0.4 is 4.72 Å². The predicted molar refractivity (Wildman–Crippen MR) is 58.7 cm³/mol. The van der Waals surface area contributed by atoms with Crippen LogP contribution in [0.5, 0.6) is 0 Å². The van der Waals surface area contributed by atoms with Gasteiger partial charge in [0.25, 0.3) is 10.0 Å². The minimum absolute atomic E-state index is 0.0377. The number of aromatic nitrogens is 2. The highest BCUT2D eigenvalue weighted by Crippen LogP contribution is 2.21. The second-order valence-electron chi connectivity index (χ2n) is 4.22. The summed E-state index contributed by atoms with van der Waals surface area (Å²) in [5.74, 6) is -0.649. The Bertz CT molecular complexity index is 468. The van der Waals surface area contributed by atoms with Crippen LogP contribution >= 0.6 is 0 Å². The number of rotatable bonds is 4. The fourth-order valence-corrected chi connectivity index (χ4v) is 2.51. The minimum Gasteiger partial charge on any atom is -0.348 e. The van der Waals surface area contributed by atoms with Crippen molar-refractivity contribution in [2.45, 2.75) is 30.8 Å². The molecule has 1 saturated heterocycles. The number of ether oxygens (including phenoxy) is 2. The molecule has 96 valence electrons. The highest BCUT2D eigenvalue weighted by Gasteiger charge is 2.33. The fraction of sp³-hybridized carbons (Fsp3) is 0.667. The lowest BCUT2D eigenvalue weighted by Crippen LogP contribution is -2.34. The Labute approximate surface area is 99.6 Å². The highest BCUT2D eigenvalue weighted by molar-refractivity contribution is 7.89. The number of H-pyrrole nitrogens is 1. The molecule has 2 N–H and O–H groups in total. The largest absolute Gasteiger partial charge is 0.348 e. The molecule has 0 aliphatic carbocycles. The maximum absolute atomic E-state index is 11.7. The second kappa shape index (κ2) is 4.37. The zero-order chi connectivity index (χ0) is 12.5. The molecule has 1 aliphatic rings. The van der Waals surface area contributed by atoms with Crippen molar-refractivity contribution in [2.24, 2.45) is 0 Å². The molecule has 0 amide bonds. The zero-order valence-electron chi connectivity index (χ0n) is 9.63.